The Balaban J connectivity index is 1.31. The van der Waals surface area contributed by atoms with Gasteiger partial charge in [-0.05, 0) is 60.9 Å². The Bertz CT molecular complexity index is 1290. The first-order chi connectivity index (χ1) is 16.9. The summed E-state index contributed by atoms with van der Waals surface area (Å²) in [6, 6.07) is 22.6. The van der Waals surface area contributed by atoms with E-state index in [4.69, 9.17) is 0 Å². The van der Waals surface area contributed by atoms with Gasteiger partial charge in [-0.25, -0.2) is 12.8 Å². The summed E-state index contributed by atoms with van der Waals surface area (Å²) in [6.07, 6.45) is 1.81. The molecule has 1 amide bonds. The van der Waals surface area contributed by atoms with Crippen LogP contribution in [-0.4, -0.2) is 56.3 Å². The summed E-state index contributed by atoms with van der Waals surface area (Å²) in [7, 11) is -3.74. The molecule has 2 aliphatic heterocycles. The number of amides is 1. The fourth-order valence-electron chi connectivity index (χ4n) is 4.97. The van der Waals surface area contributed by atoms with Crippen LogP contribution in [-0.2, 0) is 10.0 Å². The van der Waals surface area contributed by atoms with E-state index in [9.17, 15) is 17.6 Å². The van der Waals surface area contributed by atoms with Gasteiger partial charge in [0, 0.05) is 44.0 Å². The molecule has 0 aliphatic carbocycles. The Hall–Kier alpha value is -3.23. The molecule has 3 aromatic rings. The average Bonchev–Trinajstić information content (AvgIpc) is 3.39. The van der Waals surface area contributed by atoms with Gasteiger partial charge in [0.25, 0.3) is 5.91 Å². The highest BCUT2D eigenvalue weighted by atomic mass is 32.2. The highest BCUT2D eigenvalue weighted by Crippen LogP contribution is 2.33. The van der Waals surface area contributed by atoms with Crippen LogP contribution >= 0.6 is 0 Å². The minimum atomic E-state index is -3.74. The van der Waals surface area contributed by atoms with Crippen molar-refractivity contribution in [3.05, 3.63) is 95.8 Å². The normalized spacial score (nSPS) is 19.2. The van der Waals surface area contributed by atoms with Crippen molar-refractivity contribution >= 4 is 21.6 Å². The number of benzene rings is 3. The summed E-state index contributed by atoms with van der Waals surface area (Å²) < 4.78 is 41.5. The zero-order valence-corrected chi connectivity index (χ0v) is 20.2. The lowest BCUT2D eigenvalue weighted by Gasteiger charge is -2.35. The fourth-order valence-corrected chi connectivity index (χ4v) is 6.44. The number of hydrogen-bond donors (Lipinski definition) is 0. The first kappa shape index (κ1) is 23.5. The van der Waals surface area contributed by atoms with Gasteiger partial charge in [0.05, 0.1) is 10.9 Å². The molecule has 5 rings (SSSR count). The van der Waals surface area contributed by atoms with Gasteiger partial charge in [0.2, 0.25) is 10.0 Å². The number of nitrogens with zero attached hydrogens (tertiary/aromatic N) is 3. The number of likely N-dealkylation sites (tertiary alicyclic amines) is 1. The van der Waals surface area contributed by atoms with Gasteiger partial charge in [-0.1, -0.05) is 36.4 Å². The second-order valence-electron chi connectivity index (χ2n) is 8.96. The SMILES string of the molecule is O=C(c1cccc(S(=O)(=O)N2CCN(c3ccc(F)cc3)CC2)c1)N1CCCC1c1ccccc1. The topological polar surface area (TPSA) is 60.9 Å². The highest BCUT2D eigenvalue weighted by Gasteiger charge is 2.32. The third kappa shape index (κ3) is 4.81. The van der Waals surface area contributed by atoms with Crippen molar-refractivity contribution in [2.75, 3.05) is 37.6 Å². The molecule has 0 radical (unpaired) electrons. The molecule has 0 aromatic heterocycles. The molecule has 8 heteroatoms. The summed E-state index contributed by atoms with van der Waals surface area (Å²) in [5, 5.41) is 0. The first-order valence-corrected chi connectivity index (χ1v) is 13.3. The van der Waals surface area contributed by atoms with Crippen molar-refractivity contribution in [1.29, 1.82) is 0 Å². The average molecular weight is 494 g/mol. The van der Waals surface area contributed by atoms with Crippen molar-refractivity contribution in [1.82, 2.24) is 9.21 Å². The van der Waals surface area contributed by atoms with Crippen LogP contribution in [0.15, 0.2) is 83.8 Å². The number of sulfonamides is 1. The molecule has 0 spiro atoms. The highest BCUT2D eigenvalue weighted by molar-refractivity contribution is 7.89. The van der Waals surface area contributed by atoms with E-state index in [1.165, 1.54) is 22.5 Å². The lowest BCUT2D eigenvalue weighted by atomic mass is 10.0. The summed E-state index contributed by atoms with van der Waals surface area (Å²) in [6.45, 7) is 2.31. The third-order valence-corrected chi connectivity index (χ3v) is 8.74. The van der Waals surface area contributed by atoms with Gasteiger partial charge in [-0.15, -0.1) is 0 Å². The molecule has 0 saturated carbocycles. The number of carbonyl (C=O) groups excluding carboxylic acids is 1. The second kappa shape index (κ2) is 9.79. The molecule has 35 heavy (non-hydrogen) atoms. The molecule has 182 valence electrons. The van der Waals surface area contributed by atoms with E-state index in [2.05, 4.69) is 0 Å². The molecule has 1 unspecified atom stereocenters. The molecule has 0 N–H and O–H groups in total. The van der Waals surface area contributed by atoms with E-state index in [0.717, 1.165) is 24.1 Å². The lowest BCUT2D eigenvalue weighted by Crippen LogP contribution is -2.48. The van der Waals surface area contributed by atoms with Crippen molar-refractivity contribution in [2.24, 2.45) is 0 Å². The van der Waals surface area contributed by atoms with E-state index in [0.29, 0.717) is 38.3 Å². The number of hydrogen-bond acceptors (Lipinski definition) is 4. The summed E-state index contributed by atoms with van der Waals surface area (Å²) in [5.74, 6) is -0.442. The van der Waals surface area contributed by atoms with Gasteiger partial charge in [-0.3, -0.25) is 4.79 Å². The molecular formula is C27H28FN3O3S. The Morgan fingerprint density at radius 3 is 2.26 bits per heavy atom. The maximum atomic E-state index is 13.4. The van der Waals surface area contributed by atoms with E-state index < -0.39 is 10.0 Å². The van der Waals surface area contributed by atoms with Crippen LogP contribution in [0.1, 0.15) is 34.8 Å². The number of halogens is 1. The van der Waals surface area contributed by atoms with Crippen LogP contribution < -0.4 is 4.90 Å². The van der Waals surface area contributed by atoms with Gasteiger partial charge < -0.3 is 9.80 Å². The lowest BCUT2D eigenvalue weighted by molar-refractivity contribution is 0.0735. The van der Waals surface area contributed by atoms with Crippen molar-refractivity contribution in [2.45, 2.75) is 23.8 Å². The molecule has 2 fully saturated rings. The van der Waals surface area contributed by atoms with Gasteiger partial charge in [0.15, 0.2) is 0 Å². The van der Waals surface area contributed by atoms with E-state index in [1.807, 2.05) is 40.1 Å². The number of rotatable bonds is 5. The molecular weight excluding hydrogens is 465 g/mol. The third-order valence-electron chi connectivity index (χ3n) is 6.85. The van der Waals surface area contributed by atoms with Gasteiger partial charge in [-0.2, -0.15) is 4.31 Å². The molecule has 2 saturated heterocycles. The zero-order chi connectivity index (χ0) is 24.4. The predicted molar refractivity (Wildman–Crippen MR) is 133 cm³/mol. The number of piperazine rings is 1. The molecule has 0 bridgehead atoms. The Morgan fingerprint density at radius 1 is 0.829 bits per heavy atom. The van der Waals surface area contributed by atoms with Crippen molar-refractivity contribution in [3.8, 4) is 0 Å². The molecule has 2 heterocycles. The van der Waals surface area contributed by atoms with Crippen LogP contribution in [0.4, 0.5) is 10.1 Å². The largest absolute Gasteiger partial charge is 0.369 e. The standard InChI is InChI=1S/C27H28FN3O3S/c28-23-11-13-24(14-12-23)29-16-18-30(19-17-29)35(33,34)25-9-4-8-22(20-25)27(32)31-15-5-10-26(31)21-6-2-1-3-7-21/h1-4,6-9,11-14,20,26H,5,10,15-19H2. The van der Waals surface area contributed by atoms with Gasteiger partial charge >= 0.3 is 0 Å². The molecule has 6 nitrogen and oxygen atoms in total. The monoisotopic (exact) mass is 493 g/mol. The molecule has 2 aliphatic rings. The maximum absolute atomic E-state index is 13.4. The molecule has 3 aromatic carbocycles. The van der Waals surface area contributed by atoms with Crippen LogP contribution in [0.3, 0.4) is 0 Å². The minimum Gasteiger partial charge on any atom is -0.369 e. The van der Waals surface area contributed by atoms with Crippen LogP contribution in [0.5, 0.6) is 0 Å². The number of anilines is 1. The predicted octanol–water partition coefficient (Wildman–Crippen LogP) is 4.31. The van der Waals surface area contributed by atoms with Gasteiger partial charge in [0.1, 0.15) is 5.82 Å². The minimum absolute atomic E-state index is 0.00324. The quantitative estimate of drug-likeness (QED) is 0.531. The fraction of sp³-hybridized carbons (Fsp3) is 0.296. The van der Waals surface area contributed by atoms with E-state index in [1.54, 1.807) is 30.3 Å². The summed E-state index contributed by atoms with van der Waals surface area (Å²) in [4.78, 5) is 17.4. The van der Waals surface area contributed by atoms with Crippen molar-refractivity contribution in [3.63, 3.8) is 0 Å². The van der Waals surface area contributed by atoms with Crippen molar-refractivity contribution < 1.29 is 17.6 Å². The summed E-state index contributed by atoms with van der Waals surface area (Å²) >= 11 is 0. The Labute approximate surface area is 205 Å². The Kier molecular flexibility index (Phi) is 6.58. The molecule has 1 atom stereocenters. The second-order valence-corrected chi connectivity index (χ2v) is 10.9. The van der Waals surface area contributed by atoms with E-state index >= 15 is 0 Å². The Morgan fingerprint density at radius 2 is 1.54 bits per heavy atom. The zero-order valence-electron chi connectivity index (χ0n) is 19.4. The van der Waals surface area contributed by atoms with E-state index in [-0.39, 0.29) is 22.7 Å². The first-order valence-electron chi connectivity index (χ1n) is 11.9. The maximum Gasteiger partial charge on any atom is 0.254 e. The summed E-state index contributed by atoms with van der Waals surface area (Å²) in [5.41, 5.74) is 2.36. The van der Waals surface area contributed by atoms with Crippen LogP contribution in [0.2, 0.25) is 0 Å². The van der Waals surface area contributed by atoms with Crippen LogP contribution in [0.25, 0.3) is 0 Å². The number of carbonyl (C=O) groups is 1. The van der Waals surface area contributed by atoms with Crippen LogP contribution in [0, 0.1) is 5.82 Å². The smallest absolute Gasteiger partial charge is 0.254 e.